The Labute approximate surface area is 83.9 Å². The summed E-state index contributed by atoms with van der Waals surface area (Å²) < 4.78 is 4.51. The molecule has 0 N–H and O–H groups in total. The van der Waals surface area contributed by atoms with Crippen LogP contribution in [-0.4, -0.2) is 25.3 Å². The highest BCUT2D eigenvalue weighted by Crippen LogP contribution is 2.26. The minimum Gasteiger partial charge on any atom is -0.464 e. The number of carbonyl (C=O) groups excluding carboxylic acids is 3. The van der Waals surface area contributed by atoms with E-state index in [-0.39, 0.29) is 11.4 Å². The second kappa shape index (κ2) is 7.04. The van der Waals surface area contributed by atoms with Gasteiger partial charge >= 0.3 is 5.97 Å². The molecule has 1 heterocycles. The zero-order valence-corrected chi connectivity index (χ0v) is 9.05. The summed E-state index contributed by atoms with van der Waals surface area (Å²) >= 11 is 0. The van der Waals surface area contributed by atoms with E-state index in [2.05, 4.69) is 4.74 Å². The SMILES string of the molecule is C=O.CC(C)=C=O.CC1(C)COC1=O. The maximum Gasteiger partial charge on any atom is 0.315 e. The number of esters is 1. The van der Waals surface area contributed by atoms with Crippen LogP contribution < -0.4 is 0 Å². The maximum absolute atomic E-state index is 10.3. The minimum atomic E-state index is -0.181. The molecule has 0 radical (unpaired) electrons. The van der Waals surface area contributed by atoms with Gasteiger partial charge in [-0.05, 0) is 27.7 Å². The van der Waals surface area contributed by atoms with Gasteiger partial charge in [-0.2, -0.15) is 0 Å². The lowest BCUT2D eigenvalue weighted by Gasteiger charge is -2.31. The first-order chi connectivity index (χ1) is 6.40. The molecule has 0 aromatic rings. The number of rotatable bonds is 0. The zero-order valence-electron chi connectivity index (χ0n) is 9.05. The van der Waals surface area contributed by atoms with Crippen LogP contribution >= 0.6 is 0 Å². The van der Waals surface area contributed by atoms with Gasteiger partial charge in [0.25, 0.3) is 0 Å². The first-order valence-corrected chi connectivity index (χ1v) is 4.04. The van der Waals surface area contributed by atoms with E-state index in [0.29, 0.717) is 12.2 Å². The molecule has 0 aromatic carbocycles. The number of hydrogen-bond acceptors (Lipinski definition) is 4. The van der Waals surface area contributed by atoms with Crippen LogP contribution in [0.2, 0.25) is 0 Å². The number of carbonyl (C=O) groups is 2. The van der Waals surface area contributed by atoms with Crippen molar-refractivity contribution >= 4 is 18.7 Å². The van der Waals surface area contributed by atoms with Gasteiger partial charge in [-0.1, -0.05) is 0 Å². The summed E-state index contributed by atoms with van der Waals surface area (Å²) in [6.07, 6.45) is 0. The topological polar surface area (TPSA) is 60.4 Å². The molecule has 0 saturated carbocycles. The summed E-state index contributed by atoms with van der Waals surface area (Å²) in [5.41, 5.74) is 0.519. The maximum atomic E-state index is 10.3. The van der Waals surface area contributed by atoms with Crippen molar-refractivity contribution in [3.8, 4) is 0 Å². The van der Waals surface area contributed by atoms with Gasteiger partial charge in [-0.3, -0.25) is 4.79 Å². The molecule has 0 amide bonds. The Morgan fingerprint density at radius 1 is 1.43 bits per heavy atom. The van der Waals surface area contributed by atoms with Crippen LogP contribution in [0.3, 0.4) is 0 Å². The second-order valence-corrected chi connectivity index (χ2v) is 3.56. The molecule has 0 aliphatic carbocycles. The monoisotopic (exact) mass is 200 g/mol. The van der Waals surface area contributed by atoms with Crippen molar-refractivity contribution in [2.45, 2.75) is 27.7 Å². The van der Waals surface area contributed by atoms with Gasteiger partial charge in [0.2, 0.25) is 0 Å². The zero-order chi connectivity index (χ0) is 11.8. The van der Waals surface area contributed by atoms with Crippen molar-refractivity contribution in [2.24, 2.45) is 5.41 Å². The van der Waals surface area contributed by atoms with Gasteiger partial charge in [0, 0.05) is 5.57 Å². The van der Waals surface area contributed by atoms with Crippen molar-refractivity contribution in [3.63, 3.8) is 0 Å². The minimum absolute atomic E-state index is 0.0764. The van der Waals surface area contributed by atoms with Crippen LogP contribution in [0.4, 0.5) is 0 Å². The first kappa shape index (κ1) is 15.1. The number of cyclic esters (lactones) is 1. The van der Waals surface area contributed by atoms with E-state index in [4.69, 9.17) is 4.79 Å². The lowest BCUT2D eigenvalue weighted by Crippen LogP contribution is -2.42. The summed E-state index contributed by atoms with van der Waals surface area (Å²) in [4.78, 5) is 27.7. The van der Waals surface area contributed by atoms with Gasteiger partial charge in [0.1, 0.15) is 19.3 Å². The molecule has 0 unspecified atom stereocenters. The fourth-order valence-corrected chi connectivity index (χ4v) is 0.420. The molecular formula is C10H16O4. The Bertz CT molecular complexity index is 233. The van der Waals surface area contributed by atoms with Crippen LogP contribution in [0, 0.1) is 5.41 Å². The average Bonchev–Trinajstić information content (AvgIpc) is 2.19. The van der Waals surface area contributed by atoms with Crippen LogP contribution in [0.25, 0.3) is 0 Å². The Morgan fingerprint density at radius 3 is 1.71 bits per heavy atom. The van der Waals surface area contributed by atoms with E-state index in [1.165, 1.54) is 0 Å². The van der Waals surface area contributed by atoms with E-state index in [1.807, 2.05) is 20.6 Å². The lowest BCUT2D eigenvalue weighted by atomic mass is 9.91. The first-order valence-electron chi connectivity index (χ1n) is 4.04. The van der Waals surface area contributed by atoms with Gasteiger partial charge in [0.15, 0.2) is 0 Å². The summed E-state index contributed by atoms with van der Waals surface area (Å²) in [5, 5.41) is 0. The van der Waals surface area contributed by atoms with Gasteiger partial charge in [-0.15, -0.1) is 0 Å². The molecule has 80 valence electrons. The molecule has 0 atom stereocenters. The normalized spacial score (nSPS) is 15.3. The van der Waals surface area contributed by atoms with E-state index >= 15 is 0 Å². The van der Waals surface area contributed by atoms with Crippen LogP contribution in [0.1, 0.15) is 27.7 Å². The highest BCUT2D eigenvalue weighted by Gasteiger charge is 2.39. The summed E-state index contributed by atoms with van der Waals surface area (Å²) in [6, 6.07) is 0. The van der Waals surface area contributed by atoms with Crippen LogP contribution in [0.15, 0.2) is 5.57 Å². The highest BCUT2D eigenvalue weighted by molar-refractivity contribution is 5.80. The van der Waals surface area contributed by atoms with Crippen LogP contribution in [0.5, 0.6) is 0 Å². The highest BCUT2D eigenvalue weighted by atomic mass is 16.6. The molecule has 14 heavy (non-hydrogen) atoms. The Hall–Kier alpha value is -1.41. The number of ether oxygens (including phenoxy) is 1. The Morgan fingerprint density at radius 2 is 1.71 bits per heavy atom. The molecule has 1 saturated heterocycles. The third-order valence-electron chi connectivity index (χ3n) is 1.32. The fraction of sp³-hybridized carbons (Fsp3) is 0.600. The van der Waals surface area contributed by atoms with E-state index in [0.717, 1.165) is 0 Å². The van der Waals surface area contributed by atoms with E-state index in [9.17, 15) is 9.59 Å². The summed E-state index contributed by atoms with van der Waals surface area (Å²) in [7, 11) is 0. The van der Waals surface area contributed by atoms with E-state index < -0.39 is 0 Å². The van der Waals surface area contributed by atoms with E-state index in [1.54, 1.807) is 19.8 Å². The van der Waals surface area contributed by atoms with Crippen molar-refractivity contribution in [2.75, 3.05) is 6.61 Å². The molecule has 4 heteroatoms. The molecular weight excluding hydrogens is 184 g/mol. The Kier molecular flexibility index (Phi) is 7.58. The predicted octanol–water partition coefficient (Wildman–Crippen LogP) is 1.17. The van der Waals surface area contributed by atoms with Gasteiger partial charge in [0.05, 0.1) is 5.41 Å². The number of hydrogen-bond donors (Lipinski definition) is 0. The number of allylic oxidation sites excluding steroid dienone is 1. The van der Waals surface area contributed by atoms with Crippen LogP contribution in [-0.2, 0) is 19.1 Å². The smallest absolute Gasteiger partial charge is 0.315 e. The van der Waals surface area contributed by atoms with Gasteiger partial charge in [-0.25, -0.2) is 4.79 Å². The van der Waals surface area contributed by atoms with Crippen molar-refractivity contribution in [1.82, 2.24) is 0 Å². The molecule has 1 fully saturated rings. The summed E-state index contributed by atoms with van der Waals surface area (Å²) in [5.74, 6) is 1.62. The molecule has 1 aliphatic heterocycles. The second-order valence-electron chi connectivity index (χ2n) is 3.56. The average molecular weight is 200 g/mol. The predicted molar refractivity (Wildman–Crippen MR) is 52.4 cm³/mol. The van der Waals surface area contributed by atoms with Gasteiger partial charge < -0.3 is 9.53 Å². The molecule has 0 aromatic heterocycles. The standard InChI is InChI=1S/C5H8O2.C4H6O.CH2O/c1-5(2)3-7-4(5)6;1-4(2)3-5;1-2/h3H2,1-2H3;1-2H3;1H2. The molecule has 1 rings (SSSR count). The van der Waals surface area contributed by atoms with Crippen molar-refractivity contribution in [3.05, 3.63) is 5.57 Å². The molecule has 4 nitrogen and oxygen atoms in total. The summed E-state index contributed by atoms with van der Waals surface area (Å²) in [6.45, 7) is 9.77. The molecule has 0 spiro atoms. The fourth-order valence-electron chi connectivity index (χ4n) is 0.420. The van der Waals surface area contributed by atoms with Crippen molar-refractivity contribution < 1.29 is 19.1 Å². The quantitative estimate of drug-likeness (QED) is 0.435. The third kappa shape index (κ3) is 6.14. The third-order valence-corrected chi connectivity index (χ3v) is 1.32. The lowest BCUT2D eigenvalue weighted by molar-refractivity contribution is -0.180. The Balaban J connectivity index is 0. The van der Waals surface area contributed by atoms with Crippen molar-refractivity contribution in [1.29, 1.82) is 0 Å². The molecule has 1 aliphatic rings. The molecule has 0 bridgehead atoms. The largest absolute Gasteiger partial charge is 0.464 e.